The molecule has 0 N–H and O–H groups in total. The summed E-state index contributed by atoms with van der Waals surface area (Å²) in [6.45, 7) is 0. The summed E-state index contributed by atoms with van der Waals surface area (Å²) in [5, 5.41) is 8.04. The first-order valence-electron chi connectivity index (χ1n) is 3.60. The van der Waals surface area contributed by atoms with Gasteiger partial charge in [-0.25, -0.2) is 22.2 Å². The summed E-state index contributed by atoms with van der Waals surface area (Å²) in [7, 11) is 0.528. The molecule has 1 aromatic heterocycles. The molecule has 0 aliphatic heterocycles. The average molecular weight is 287 g/mol. The van der Waals surface area contributed by atoms with E-state index in [4.69, 9.17) is 27.5 Å². The van der Waals surface area contributed by atoms with E-state index < -0.39 is 31.2 Å². The van der Waals surface area contributed by atoms with Crippen LogP contribution in [0.4, 0.5) is 8.78 Å². The van der Waals surface area contributed by atoms with Crippen molar-refractivity contribution in [2.24, 2.45) is 0 Å². The molecule has 0 spiro atoms. The third kappa shape index (κ3) is 2.58. The second-order valence-electron chi connectivity index (χ2n) is 2.56. The van der Waals surface area contributed by atoms with Crippen LogP contribution >= 0.6 is 22.3 Å². The van der Waals surface area contributed by atoms with Gasteiger partial charge in [0, 0.05) is 10.7 Å². The highest BCUT2D eigenvalue weighted by molar-refractivity contribution is 8.13. The van der Waals surface area contributed by atoms with Crippen molar-refractivity contribution in [1.82, 2.24) is 4.98 Å². The van der Waals surface area contributed by atoms with Crippen LogP contribution in [0.25, 0.3) is 0 Å². The molecule has 0 fully saturated rings. The van der Waals surface area contributed by atoms with E-state index in [1.165, 1.54) is 6.07 Å². The van der Waals surface area contributed by atoms with Crippen molar-refractivity contribution in [2.45, 2.75) is 11.3 Å². The second-order valence-corrected chi connectivity index (χ2v) is 5.45. The first kappa shape index (κ1) is 13.1. The van der Waals surface area contributed by atoms with Crippen LogP contribution < -0.4 is 0 Å². The zero-order chi connectivity index (χ0) is 12.5. The molecule has 0 atom stereocenters. The van der Waals surface area contributed by atoms with E-state index >= 15 is 0 Å². The Labute approximate surface area is 98.8 Å². The van der Waals surface area contributed by atoms with Crippen LogP contribution in [0, 0.1) is 11.3 Å². The van der Waals surface area contributed by atoms with Gasteiger partial charge in [-0.05, 0) is 6.07 Å². The average Bonchev–Trinajstić information content (AvgIpc) is 2.15. The fourth-order valence-corrected chi connectivity index (χ4v) is 2.12. The number of aromatic nitrogens is 1. The lowest BCUT2D eigenvalue weighted by molar-refractivity contribution is 0.142. The Bertz CT molecular complexity index is 568. The molecule has 0 unspecified atom stereocenters. The van der Waals surface area contributed by atoms with E-state index in [0.29, 0.717) is 6.07 Å². The van der Waals surface area contributed by atoms with Crippen molar-refractivity contribution in [2.75, 3.05) is 0 Å². The van der Waals surface area contributed by atoms with Gasteiger partial charge in [-0.3, -0.25) is 0 Å². The molecule has 1 heterocycles. The van der Waals surface area contributed by atoms with E-state index in [2.05, 4.69) is 4.98 Å². The van der Waals surface area contributed by atoms with Crippen LogP contribution in [0.3, 0.4) is 0 Å². The highest BCUT2D eigenvalue weighted by atomic mass is 35.7. The molecule has 16 heavy (non-hydrogen) atoms. The summed E-state index contributed by atoms with van der Waals surface area (Å²) in [5.74, 6) is 0. The zero-order valence-corrected chi connectivity index (χ0v) is 9.61. The molecule has 9 heteroatoms. The van der Waals surface area contributed by atoms with E-state index in [9.17, 15) is 17.2 Å². The van der Waals surface area contributed by atoms with Gasteiger partial charge in [0.25, 0.3) is 15.5 Å². The second kappa shape index (κ2) is 4.49. The van der Waals surface area contributed by atoms with Gasteiger partial charge in [-0.15, -0.1) is 0 Å². The molecule has 0 bridgehead atoms. The quantitative estimate of drug-likeness (QED) is 0.618. The Kier molecular flexibility index (Phi) is 3.68. The van der Waals surface area contributed by atoms with Crippen LogP contribution in [-0.4, -0.2) is 13.4 Å². The first-order valence-corrected chi connectivity index (χ1v) is 6.29. The van der Waals surface area contributed by atoms with Crippen molar-refractivity contribution in [3.8, 4) is 6.07 Å². The van der Waals surface area contributed by atoms with Crippen LogP contribution in [-0.2, 0) is 9.05 Å². The standard InChI is InChI=1S/C7H2Cl2F2N2O2S/c8-6-3(2-12)1-4(16(9,14)15)5(13-6)7(10)11/h1,7H. The Morgan fingerprint density at radius 1 is 1.50 bits per heavy atom. The molecule has 0 aliphatic rings. The van der Waals surface area contributed by atoms with Crippen molar-refractivity contribution in [3.63, 3.8) is 0 Å². The summed E-state index contributed by atoms with van der Waals surface area (Å²) in [4.78, 5) is 2.23. The summed E-state index contributed by atoms with van der Waals surface area (Å²) < 4.78 is 46.8. The molecular formula is C7H2Cl2F2N2O2S. The Morgan fingerprint density at radius 3 is 2.44 bits per heavy atom. The summed E-state index contributed by atoms with van der Waals surface area (Å²) in [6, 6.07) is 2.18. The number of nitriles is 1. The van der Waals surface area contributed by atoms with E-state index in [1.807, 2.05) is 0 Å². The minimum absolute atomic E-state index is 0.342. The molecule has 0 saturated carbocycles. The Balaban J connectivity index is 3.64. The largest absolute Gasteiger partial charge is 0.281 e. The highest BCUT2D eigenvalue weighted by Crippen LogP contribution is 2.30. The predicted molar refractivity (Wildman–Crippen MR) is 52.0 cm³/mol. The molecule has 1 rings (SSSR count). The molecule has 0 radical (unpaired) electrons. The lowest BCUT2D eigenvalue weighted by Gasteiger charge is -2.06. The third-order valence-electron chi connectivity index (χ3n) is 1.56. The van der Waals surface area contributed by atoms with Gasteiger partial charge in [0.05, 0.1) is 5.56 Å². The van der Waals surface area contributed by atoms with Gasteiger partial charge in [0.2, 0.25) is 0 Å². The smallest absolute Gasteiger partial charge is 0.232 e. The lowest BCUT2D eigenvalue weighted by Crippen LogP contribution is -2.03. The van der Waals surface area contributed by atoms with Crippen LogP contribution in [0.5, 0.6) is 0 Å². The van der Waals surface area contributed by atoms with Crippen LogP contribution in [0.15, 0.2) is 11.0 Å². The molecule has 4 nitrogen and oxygen atoms in total. The molecule has 86 valence electrons. The van der Waals surface area contributed by atoms with E-state index in [0.717, 1.165) is 0 Å². The van der Waals surface area contributed by atoms with Gasteiger partial charge in [-0.2, -0.15) is 5.26 Å². The van der Waals surface area contributed by atoms with Gasteiger partial charge in [-0.1, -0.05) is 11.6 Å². The first-order chi connectivity index (χ1) is 7.27. The fourth-order valence-electron chi connectivity index (χ4n) is 0.916. The van der Waals surface area contributed by atoms with Crippen molar-refractivity contribution in [1.29, 1.82) is 5.26 Å². The molecule has 0 saturated heterocycles. The van der Waals surface area contributed by atoms with Crippen molar-refractivity contribution < 1.29 is 17.2 Å². The maximum atomic E-state index is 12.4. The molecule has 1 aromatic rings. The number of alkyl halides is 2. The number of halogens is 4. The number of rotatable bonds is 2. The topological polar surface area (TPSA) is 70.8 Å². The maximum Gasteiger partial charge on any atom is 0.281 e. The fraction of sp³-hybridized carbons (Fsp3) is 0.143. The van der Waals surface area contributed by atoms with Gasteiger partial charge in [0.15, 0.2) is 0 Å². The van der Waals surface area contributed by atoms with Crippen molar-refractivity contribution >= 4 is 31.3 Å². The zero-order valence-electron chi connectivity index (χ0n) is 7.29. The minimum Gasteiger partial charge on any atom is -0.232 e. The van der Waals surface area contributed by atoms with E-state index in [-0.39, 0.29) is 5.56 Å². The number of nitrogens with zero attached hydrogens (tertiary/aromatic N) is 2. The summed E-state index contributed by atoms with van der Waals surface area (Å²) in [6.07, 6.45) is -3.16. The Hall–Kier alpha value is -0.970. The normalized spacial score (nSPS) is 11.5. The number of hydrogen-bond donors (Lipinski definition) is 0. The molecule has 0 aliphatic carbocycles. The highest BCUT2D eigenvalue weighted by Gasteiger charge is 2.25. The maximum absolute atomic E-state index is 12.4. The van der Waals surface area contributed by atoms with E-state index in [1.54, 1.807) is 0 Å². The van der Waals surface area contributed by atoms with Crippen molar-refractivity contribution in [3.05, 3.63) is 22.5 Å². The monoisotopic (exact) mass is 286 g/mol. The predicted octanol–water partition coefficient (Wildman–Crippen LogP) is 2.47. The van der Waals surface area contributed by atoms with Crippen LogP contribution in [0.2, 0.25) is 5.15 Å². The summed E-state index contributed by atoms with van der Waals surface area (Å²) >= 11 is 5.39. The number of pyridine rings is 1. The molecule has 0 aromatic carbocycles. The Morgan fingerprint density at radius 2 is 2.06 bits per heavy atom. The van der Waals surface area contributed by atoms with Gasteiger partial charge < -0.3 is 0 Å². The molecular weight excluding hydrogens is 285 g/mol. The lowest BCUT2D eigenvalue weighted by atomic mass is 10.2. The minimum atomic E-state index is -4.41. The third-order valence-corrected chi connectivity index (χ3v) is 3.20. The number of hydrogen-bond acceptors (Lipinski definition) is 4. The van der Waals surface area contributed by atoms with Crippen LogP contribution in [0.1, 0.15) is 17.7 Å². The van der Waals surface area contributed by atoms with Gasteiger partial charge >= 0.3 is 0 Å². The molecule has 0 amide bonds. The van der Waals surface area contributed by atoms with Gasteiger partial charge in [0.1, 0.15) is 21.8 Å². The summed E-state index contributed by atoms with van der Waals surface area (Å²) in [5.41, 5.74) is -1.41. The SMILES string of the molecule is N#Cc1cc(S(=O)(=O)Cl)c(C(F)F)nc1Cl.